The van der Waals surface area contributed by atoms with Gasteiger partial charge in [-0.1, -0.05) is 0 Å². The van der Waals surface area contributed by atoms with Gasteiger partial charge in [0.1, 0.15) is 11.6 Å². The fourth-order valence-electron chi connectivity index (χ4n) is 1.76. The smallest absolute Gasteiger partial charge is 0.337 e. The number of hydrogen-bond acceptors (Lipinski definition) is 4. The molecule has 2 aromatic rings. The zero-order valence-electron chi connectivity index (χ0n) is 10.5. The van der Waals surface area contributed by atoms with E-state index in [1.54, 1.807) is 13.0 Å². The van der Waals surface area contributed by atoms with Crippen LogP contribution in [0, 0.1) is 12.7 Å². The van der Waals surface area contributed by atoms with Crippen molar-refractivity contribution in [2.45, 2.75) is 6.92 Å². The van der Waals surface area contributed by atoms with Crippen LogP contribution in [0.15, 0.2) is 30.3 Å². The minimum atomic E-state index is -0.540. The zero-order valence-corrected chi connectivity index (χ0v) is 10.5. The summed E-state index contributed by atoms with van der Waals surface area (Å²) < 4.78 is 17.6. The number of aromatic hydroxyl groups is 1. The van der Waals surface area contributed by atoms with Crippen LogP contribution in [0.4, 0.5) is 4.39 Å². The Labute approximate surface area is 109 Å². The second kappa shape index (κ2) is 5.06. The number of carbonyl (C=O) groups is 1. The lowest BCUT2D eigenvalue weighted by Crippen LogP contribution is -2.03. The molecule has 1 N–H and O–H groups in total. The van der Waals surface area contributed by atoms with Crippen LogP contribution >= 0.6 is 0 Å². The quantitative estimate of drug-likeness (QED) is 0.844. The highest BCUT2D eigenvalue weighted by Crippen LogP contribution is 2.29. The van der Waals surface area contributed by atoms with Gasteiger partial charge in [0.15, 0.2) is 0 Å². The summed E-state index contributed by atoms with van der Waals surface area (Å²) in [7, 11) is 1.28. The van der Waals surface area contributed by atoms with E-state index < -0.39 is 11.8 Å². The fraction of sp³-hybridized carbons (Fsp3) is 0.143. The van der Waals surface area contributed by atoms with Crippen molar-refractivity contribution in [3.63, 3.8) is 0 Å². The van der Waals surface area contributed by atoms with E-state index in [1.807, 2.05) is 0 Å². The molecule has 0 aliphatic heterocycles. The first-order chi connectivity index (χ1) is 9.01. The number of aryl methyl sites for hydroxylation is 1. The molecule has 0 bridgehead atoms. The minimum absolute atomic E-state index is 0.228. The molecule has 0 radical (unpaired) electrons. The van der Waals surface area contributed by atoms with Crippen molar-refractivity contribution in [2.75, 3.05) is 7.11 Å². The molecular weight excluding hydrogens is 249 g/mol. The molecule has 0 aliphatic rings. The van der Waals surface area contributed by atoms with E-state index >= 15 is 0 Å². The molecule has 0 aliphatic carbocycles. The van der Waals surface area contributed by atoms with E-state index in [9.17, 15) is 14.3 Å². The van der Waals surface area contributed by atoms with Gasteiger partial charge in [0.25, 0.3) is 0 Å². The Hall–Kier alpha value is -2.43. The minimum Gasteiger partial charge on any atom is -0.507 e. The van der Waals surface area contributed by atoms with Gasteiger partial charge in [-0.05, 0) is 31.2 Å². The molecule has 0 saturated heterocycles. The summed E-state index contributed by atoms with van der Waals surface area (Å²) in [5.74, 6) is -1.26. The summed E-state index contributed by atoms with van der Waals surface area (Å²) in [6.07, 6.45) is 0. The van der Waals surface area contributed by atoms with Crippen molar-refractivity contribution in [3.05, 3.63) is 47.4 Å². The van der Waals surface area contributed by atoms with Crippen LogP contribution in [-0.4, -0.2) is 23.2 Å². The molecule has 0 atom stereocenters. The molecule has 1 aromatic heterocycles. The molecule has 2 rings (SSSR count). The van der Waals surface area contributed by atoms with E-state index in [4.69, 9.17) is 0 Å². The van der Waals surface area contributed by atoms with Gasteiger partial charge < -0.3 is 9.84 Å². The number of esters is 1. The standard InChI is InChI=1S/C14H12FNO3/c1-8-5-9(14(18)19-2)6-12(16-8)11-4-3-10(15)7-13(11)17/h3-7,17H,1-2H3. The highest BCUT2D eigenvalue weighted by atomic mass is 19.1. The summed E-state index contributed by atoms with van der Waals surface area (Å²) >= 11 is 0. The molecule has 0 spiro atoms. The highest BCUT2D eigenvalue weighted by Gasteiger charge is 2.12. The number of methoxy groups -OCH3 is 1. The van der Waals surface area contributed by atoms with E-state index in [0.29, 0.717) is 22.5 Å². The Morgan fingerprint density at radius 1 is 1.32 bits per heavy atom. The molecule has 98 valence electrons. The lowest BCUT2D eigenvalue weighted by atomic mass is 10.1. The first-order valence-corrected chi connectivity index (χ1v) is 5.57. The number of nitrogens with zero attached hydrogens (tertiary/aromatic N) is 1. The highest BCUT2D eigenvalue weighted by molar-refractivity contribution is 5.91. The number of carbonyl (C=O) groups excluding carboxylic acids is 1. The second-order valence-electron chi connectivity index (χ2n) is 4.04. The van der Waals surface area contributed by atoms with Crippen molar-refractivity contribution >= 4 is 5.97 Å². The lowest BCUT2D eigenvalue weighted by molar-refractivity contribution is 0.0600. The largest absolute Gasteiger partial charge is 0.507 e. The molecule has 19 heavy (non-hydrogen) atoms. The number of aromatic nitrogens is 1. The second-order valence-corrected chi connectivity index (χ2v) is 4.04. The van der Waals surface area contributed by atoms with Crippen molar-refractivity contribution in [2.24, 2.45) is 0 Å². The van der Waals surface area contributed by atoms with E-state index in [0.717, 1.165) is 6.07 Å². The maximum absolute atomic E-state index is 13.0. The summed E-state index contributed by atoms with van der Waals surface area (Å²) in [6.45, 7) is 1.72. The SMILES string of the molecule is COC(=O)c1cc(C)nc(-c2ccc(F)cc2O)c1. The van der Waals surface area contributed by atoms with E-state index in [2.05, 4.69) is 9.72 Å². The van der Waals surface area contributed by atoms with Gasteiger partial charge in [0.05, 0.1) is 18.4 Å². The molecular formula is C14H12FNO3. The van der Waals surface area contributed by atoms with Crippen LogP contribution in [0.25, 0.3) is 11.3 Å². The van der Waals surface area contributed by atoms with Gasteiger partial charge in [0, 0.05) is 17.3 Å². The van der Waals surface area contributed by atoms with E-state index in [-0.39, 0.29) is 5.75 Å². The van der Waals surface area contributed by atoms with Crippen molar-refractivity contribution in [3.8, 4) is 17.0 Å². The predicted octanol–water partition coefficient (Wildman–Crippen LogP) is 2.69. The zero-order chi connectivity index (χ0) is 14.0. The van der Waals surface area contributed by atoms with Crippen molar-refractivity contribution in [1.29, 1.82) is 0 Å². The van der Waals surface area contributed by atoms with Gasteiger partial charge in [-0.2, -0.15) is 0 Å². The van der Waals surface area contributed by atoms with Gasteiger partial charge in [-0.3, -0.25) is 4.98 Å². The summed E-state index contributed by atoms with van der Waals surface area (Å²) in [4.78, 5) is 15.7. The first kappa shape index (κ1) is 13.0. The lowest BCUT2D eigenvalue weighted by Gasteiger charge is -2.07. The van der Waals surface area contributed by atoms with Gasteiger partial charge in [0.2, 0.25) is 0 Å². The van der Waals surface area contributed by atoms with Crippen LogP contribution in [-0.2, 0) is 4.74 Å². The average Bonchev–Trinajstić information content (AvgIpc) is 2.37. The number of rotatable bonds is 2. The van der Waals surface area contributed by atoms with Gasteiger partial charge in [-0.15, -0.1) is 0 Å². The Balaban J connectivity index is 2.56. The Kier molecular flexibility index (Phi) is 3.46. The summed E-state index contributed by atoms with van der Waals surface area (Å²) in [5.41, 5.74) is 1.67. The maximum atomic E-state index is 13.0. The third-order valence-corrected chi connectivity index (χ3v) is 2.61. The van der Waals surface area contributed by atoms with Crippen LogP contribution in [0.5, 0.6) is 5.75 Å². The average molecular weight is 261 g/mol. The molecule has 4 nitrogen and oxygen atoms in total. The third kappa shape index (κ3) is 2.70. The van der Waals surface area contributed by atoms with Crippen LogP contribution in [0.1, 0.15) is 16.1 Å². The van der Waals surface area contributed by atoms with Crippen LogP contribution in [0.3, 0.4) is 0 Å². The van der Waals surface area contributed by atoms with Crippen molar-refractivity contribution < 1.29 is 19.0 Å². The molecule has 0 saturated carbocycles. The molecule has 0 unspecified atom stereocenters. The van der Waals surface area contributed by atoms with Gasteiger partial charge >= 0.3 is 5.97 Å². The normalized spacial score (nSPS) is 10.3. The molecule has 1 aromatic carbocycles. The molecule has 0 amide bonds. The number of ether oxygens (including phenoxy) is 1. The summed E-state index contributed by atoms with van der Waals surface area (Å²) in [6, 6.07) is 6.70. The number of pyridine rings is 1. The number of halogens is 1. The van der Waals surface area contributed by atoms with Crippen molar-refractivity contribution in [1.82, 2.24) is 4.98 Å². The maximum Gasteiger partial charge on any atom is 0.337 e. The number of phenols is 1. The molecule has 0 fully saturated rings. The number of hydrogen-bond donors (Lipinski definition) is 1. The Morgan fingerprint density at radius 2 is 2.05 bits per heavy atom. The topological polar surface area (TPSA) is 59.4 Å². The Bertz CT molecular complexity index is 641. The monoisotopic (exact) mass is 261 g/mol. The van der Waals surface area contributed by atoms with Crippen LogP contribution < -0.4 is 0 Å². The summed E-state index contributed by atoms with van der Waals surface area (Å²) in [5, 5.41) is 9.73. The number of phenolic OH excluding ortho intramolecular Hbond substituents is 1. The third-order valence-electron chi connectivity index (χ3n) is 2.61. The van der Waals surface area contributed by atoms with E-state index in [1.165, 1.54) is 25.3 Å². The Morgan fingerprint density at radius 3 is 2.68 bits per heavy atom. The number of benzene rings is 1. The van der Waals surface area contributed by atoms with Gasteiger partial charge in [-0.25, -0.2) is 9.18 Å². The molecule has 1 heterocycles. The molecule has 5 heteroatoms. The fourth-order valence-corrected chi connectivity index (χ4v) is 1.76. The predicted molar refractivity (Wildman–Crippen MR) is 67.4 cm³/mol. The first-order valence-electron chi connectivity index (χ1n) is 5.57. The van der Waals surface area contributed by atoms with Crippen LogP contribution in [0.2, 0.25) is 0 Å².